The molecule has 1 atom stereocenters. The summed E-state index contributed by atoms with van der Waals surface area (Å²) in [7, 11) is 3.31. The van der Waals surface area contributed by atoms with Crippen molar-refractivity contribution in [2.45, 2.75) is 18.8 Å². The summed E-state index contributed by atoms with van der Waals surface area (Å²) >= 11 is 0. The van der Waals surface area contributed by atoms with Crippen molar-refractivity contribution in [1.29, 1.82) is 0 Å². The van der Waals surface area contributed by atoms with E-state index in [1.54, 1.807) is 14.2 Å². The Morgan fingerprint density at radius 1 is 1.11 bits per heavy atom. The highest BCUT2D eigenvalue weighted by atomic mass is 16.5. The lowest BCUT2D eigenvalue weighted by molar-refractivity contribution is -0.121. The van der Waals surface area contributed by atoms with Gasteiger partial charge in [0.25, 0.3) is 0 Å². The molecule has 1 heterocycles. The van der Waals surface area contributed by atoms with Gasteiger partial charge in [0, 0.05) is 49.7 Å². The molecule has 1 amide bonds. The Kier molecular flexibility index (Phi) is 6.49. The Balaban J connectivity index is 1.83. The second-order valence-electron chi connectivity index (χ2n) is 6.52. The Bertz CT molecular complexity index is 871. The van der Waals surface area contributed by atoms with Gasteiger partial charge in [0.15, 0.2) is 0 Å². The number of fused-ring (bicyclic) bond motifs is 1. The normalized spacial score (nSPS) is 12.1. The van der Waals surface area contributed by atoms with E-state index in [-0.39, 0.29) is 11.8 Å². The molecule has 1 unspecified atom stereocenters. The predicted octanol–water partition coefficient (Wildman–Crippen LogP) is 3.85. The van der Waals surface area contributed by atoms with Gasteiger partial charge in [-0.25, -0.2) is 0 Å². The molecule has 3 aromatic rings. The van der Waals surface area contributed by atoms with E-state index in [0.717, 1.165) is 23.3 Å². The molecule has 0 saturated heterocycles. The molecule has 0 aliphatic heterocycles. The van der Waals surface area contributed by atoms with Crippen LogP contribution in [0.3, 0.4) is 0 Å². The monoisotopic (exact) mass is 366 g/mol. The van der Waals surface area contributed by atoms with Crippen LogP contribution in [0.1, 0.15) is 29.9 Å². The number of nitrogens with one attached hydrogen (secondary N) is 2. The maximum absolute atomic E-state index is 12.2. The number of aromatic nitrogens is 1. The second kappa shape index (κ2) is 9.24. The molecule has 3 rings (SSSR count). The summed E-state index contributed by atoms with van der Waals surface area (Å²) in [5, 5.41) is 4.26. The van der Waals surface area contributed by atoms with Crippen LogP contribution in [0.25, 0.3) is 10.9 Å². The highest BCUT2D eigenvalue weighted by Gasteiger charge is 2.19. The predicted molar refractivity (Wildman–Crippen MR) is 107 cm³/mol. The minimum absolute atomic E-state index is 0.0467. The van der Waals surface area contributed by atoms with Crippen molar-refractivity contribution >= 4 is 16.8 Å². The molecule has 5 heteroatoms. The van der Waals surface area contributed by atoms with Crippen LogP contribution < -0.4 is 10.1 Å². The summed E-state index contributed by atoms with van der Waals surface area (Å²) in [6.45, 7) is 1.14. The van der Waals surface area contributed by atoms with E-state index in [0.29, 0.717) is 19.6 Å². The molecule has 0 spiro atoms. The minimum Gasteiger partial charge on any atom is -0.497 e. The lowest BCUT2D eigenvalue weighted by Crippen LogP contribution is -2.28. The fourth-order valence-electron chi connectivity index (χ4n) is 3.31. The molecule has 0 bridgehead atoms. The summed E-state index contributed by atoms with van der Waals surface area (Å²) < 4.78 is 10.3. The van der Waals surface area contributed by atoms with Gasteiger partial charge in [-0.05, 0) is 35.7 Å². The molecule has 0 fully saturated rings. The van der Waals surface area contributed by atoms with Crippen molar-refractivity contribution in [3.8, 4) is 5.75 Å². The maximum atomic E-state index is 12.2. The molecule has 0 aliphatic rings. The third kappa shape index (κ3) is 4.68. The zero-order chi connectivity index (χ0) is 19.1. The third-order valence-electron chi connectivity index (χ3n) is 4.77. The first kappa shape index (κ1) is 19.0. The smallest absolute Gasteiger partial charge is 0.220 e. The molecule has 1 aromatic heterocycles. The Labute approximate surface area is 159 Å². The van der Waals surface area contributed by atoms with Gasteiger partial charge >= 0.3 is 0 Å². The molecule has 142 valence electrons. The molecule has 0 aliphatic carbocycles. The maximum Gasteiger partial charge on any atom is 0.220 e. The van der Waals surface area contributed by atoms with E-state index >= 15 is 0 Å². The van der Waals surface area contributed by atoms with Crippen LogP contribution in [-0.4, -0.2) is 38.3 Å². The van der Waals surface area contributed by atoms with Crippen molar-refractivity contribution in [2.24, 2.45) is 0 Å². The number of H-pyrrole nitrogens is 1. The van der Waals surface area contributed by atoms with Crippen LogP contribution in [0.15, 0.2) is 54.7 Å². The van der Waals surface area contributed by atoms with E-state index in [2.05, 4.69) is 34.6 Å². The van der Waals surface area contributed by atoms with Gasteiger partial charge in [0.2, 0.25) is 5.91 Å². The average molecular weight is 366 g/mol. The molecule has 2 aromatic carbocycles. The van der Waals surface area contributed by atoms with Gasteiger partial charge in [-0.3, -0.25) is 4.79 Å². The summed E-state index contributed by atoms with van der Waals surface area (Å²) in [6, 6.07) is 16.3. The van der Waals surface area contributed by atoms with Crippen LogP contribution in [0, 0.1) is 0 Å². The first-order valence-corrected chi connectivity index (χ1v) is 9.18. The number of methoxy groups -OCH3 is 2. The van der Waals surface area contributed by atoms with E-state index in [4.69, 9.17) is 9.47 Å². The minimum atomic E-state index is 0.0467. The fourth-order valence-corrected chi connectivity index (χ4v) is 3.31. The number of hydrogen-bond donors (Lipinski definition) is 2. The highest BCUT2D eigenvalue weighted by Crippen LogP contribution is 2.31. The summed E-state index contributed by atoms with van der Waals surface area (Å²) in [6.07, 6.45) is 3.23. The van der Waals surface area contributed by atoms with E-state index in [9.17, 15) is 4.79 Å². The quantitative estimate of drug-likeness (QED) is 0.566. The van der Waals surface area contributed by atoms with Gasteiger partial charge in [-0.1, -0.05) is 30.3 Å². The summed E-state index contributed by atoms with van der Waals surface area (Å²) in [4.78, 5) is 15.5. The number of rotatable bonds is 9. The molecule has 27 heavy (non-hydrogen) atoms. The highest BCUT2D eigenvalue weighted by molar-refractivity contribution is 5.84. The molecule has 5 nitrogen and oxygen atoms in total. The van der Waals surface area contributed by atoms with Crippen molar-refractivity contribution in [1.82, 2.24) is 10.3 Å². The Morgan fingerprint density at radius 3 is 2.63 bits per heavy atom. The first-order chi connectivity index (χ1) is 13.2. The molecule has 2 N–H and O–H groups in total. The van der Waals surface area contributed by atoms with E-state index in [1.807, 2.05) is 30.5 Å². The van der Waals surface area contributed by atoms with Crippen LogP contribution in [-0.2, 0) is 9.53 Å². The average Bonchev–Trinajstić information content (AvgIpc) is 3.13. The number of amides is 1. The van der Waals surface area contributed by atoms with Crippen molar-refractivity contribution in [3.05, 3.63) is 65.9 Å². The number of carbonyl (C=O) groups excluding carboxylic acids is 1. The van der Waals surface area contributed by atoms with Gasteiger partial charge in [-0.15, -0.1) is 0 Å². The molecule has 0 radical (unpaired) electrons. The molecular formula is C22H26N2O3. The number of ether oxygens (including phenoxy) is 2. The van der Waals surface area contributed by atoms with Crippen LogP contribution in [0.5, 0.6) is 5.75 Å². The molecule has 0 saturated carbocycles. The number of para-hydroxylation sites is 1. The number of carbonyl (C=O) groups is 1. The van der Waals surface area contributed by atoms with E-state index in [1.165, 1.54) is 10.9 Å². The van der Waals surface area contributed by atoms with Gasteiger partial charge < -0.3 is 19.8 Å². The van der Waals surface area contributed by atoms with Gasteiger partial charge in [0.1, 0.15) is 5.75 Å². The lowest BCUT2D eigenvalue weighted by atomic mass is 9.90. The van der Waals surface area contributed by atoms with E-state index < -0.39 is 0 Å². The lowest BCUT2D eigenvalue weighted by Gasteiger charge is -2.18. The topological polar surface area (TPSA) is 63.4 Å². The van der Waals surface area contributed by atoms with Crippen molar-refractivity contribution < 1.29 is 14.3 Å². The van der Waals surface area contributed by atoms with Crippen molar-refractivity contribution in [3.63, 3.8) is 0 Å². The van der Waals surface area contributed by atoms with Gasteiger partial charge in [0.05, 0.1) is 7.11 Å². The number of benzene rings is 2. The summed E-state index contributed by atoms with van der Waals surface area (Å²) in [5.41, 5.74) is 3.41. The van der Waals surface area contributed by atoms with Crippen LogP contribution in [0.4, 0.5) is 0 Å². The van der Waals surface area contributed by atoms with Crippen LogP contribution in [0.2, 0.25) is 0 Å². The Morgan fingerprint density at radius 2 is 1.89 bits per heavy atom. The van der Waals surface area contributed by atoms with Gasteiger partial charge in [-0.2, -0.15) is 0 Å². The third-order valence-corrected chi connectivity index (χ3v) is 4.77. The Hall–Kier alpha value is -2.79. The number of hydrogen-bond acceptors (Lipinski definition) is 3. The largest absolute Gasteiger partial charge is 0.497 e. The summed E-state index contributed by atoms with van der Waals surface area (Å²) in [5.74, 6) is 0.920. The number of aromatic amines is 1. The van der Waals surface area contributed by atoms with Crippen LogP contribution >= 0.6 is 0 Å². The zero-order valence-electron chi connectivity index (χ0n) is 15.8. The standard InChI is InChI=1S/C22H26N2O3/c1-26-13-5-8-22(25)24-14-19(16-9-11-17(27-2)12-10-16)20-15-23-21-7-4-3-6-18(20)21/h3-4,6-7,9-12,15,19,23H,5,8,13-14H2,1-2H3,(H,24,25). The first-order valence-electron chi connectivity index (χ1n) is 9.18. The second-order valence-corrected chi connectivity index (χ2v) is 6.52. The zero-order valence-corrected chi connectivity index (χ0v) is 15.8. The fraction of sp³-hybridized carbons (Fsp3) is 0.318. The molecular weight excluding hydrogens is 340 g/mol. The van der Waals surface area contributed by atoms with Crippen molar-refractivity contribution in [2.75, 3.05) is 27.4 Å². The SMILES string of the molecule is COCCCC(=O)NCC(c1ccc(OC)cc1)c1c[nH]c2ccccc12.